The molecule has 1 N–H and O–H groups in total. The number of cyclic esters (lactones) is 1. The number of aromatic nitrogens is 1. The number of benzene rings is 1. The Morgan fingerprint density at radius 3 is 2.61 bits per heavy atom. The van der Waals surface area contributed by atoms with Gasteiger partial charge in [0.1, 0.15) is 0 Å². The highest BCUT2D eigenvalue weighted by Gasteiger charge is 2.34. The topological polar surface area (TPSA) is 97.7 Å². The van der Waals surface area contributed by atoms with E-state index in [1.165, 1.54) is 28.2 Å². The van der Waals surface area contributed by atoms with Crippen LogP contribution in [0.2, 0.25) is 0 Å². The number of nitrogens with zero attached hydrogens (tertiary/aromatic N) is 2. The number of thiophene rings is 1. The molecule has 8 nitrogen and oxygen atoms in total. The first-order valence-electron chi connectivity index (χ1n) is 9.50. The van der Waals surface area contributed by atoms with Crippen molar-refractivity contribution in [3.05, 3.63) is 80.9 Å². The van der Waals surface area contributed by atoms with Crippen LogP contribution in [0.3, 0.4) is 0 Å². The number of nitrogens with one attached hydrogen (secondary N) is 1. The van der Waals surface area contributed by atoms with Gasteiger partial charge < -0.3 is 14.6 Å². The fraction of sp³-hybridized carbons (Fsp3) is 0.182. The Labute approximate surface area is 181 Å². The fourth-order valence-corrected chi connectivity index (χ4v) is 4.02. The van der Waals surface area contributed by atoms with Gasteiger partial charge in [-0.3, -0.25) is 14.4 Å². The van der Waals surface area contributed by atoms with Crippen LogP contribution in [0.4, 0.5) is 4.79 Å². The number of carbonyl (C=O) groups is 3. The molecule has 1 aliphatic heterocycles. The number of imide groups is 1. The Kier molecular flexibility index (Phi) is 5.68. The van der Waals surface area contributed by atoms with Crippen molar-refractivity contribution in [2.75, 3.05) is 13.2 Å². The van der Waals surface area contributed by atoms with Crippen molar-refractivity contribution in [1.82, 2.24) is 14.8 Å². The number of carbonyl (C=O) groups excluding carboxylic acids is 3. The van der Waals surface area contributed by atoms with Crippen molar-refractivity contribution in [3.63, 3.8) is 0 Å². The Bertz CT molecular complexity index is 1170. The summed E-state index contributed by atoms with van der Waals surface area (Å²) in [6.45, 7) is -0.371. The molecule has 3 amide bonds. The molecule has 4 rings (SSSR count). The maximum Gasteiger partial charge on any atom is 0.417 e. The minimum atomic E-state index is -0.735. The van der Waals surface area contributed by atoms with E-state index < -0.39 is 23.9 Å². The smallest absolute Gasteiger partial charge is 0.417 e. The maximum atomic E-state index is 13.3. The highest BCUT2D eigenvalue weighted by molar-refractivity contribution is 7.08. The summed E-state index contributed by atoms with van der Waals surface area (Å²) >= 11 is 1.46. The van der Waals surface area contributed by atoms with Crippen molar-refractivity contribution >= 4 is 29.2 Å². The maximum absolute atomic E-state index is 13.3. The van der Waals surface area contributed by atoms with Crippen LogP contribution in [0.25, 0.3) is 11.1 Å². The molecule has 2 aromatic heterocycles. The molecule has 1 atom stereocenters. The van der Waals surface area contributed by atoms with Crippen LogP contribution in [0.5, 0.6) is 0 Å². The number of aryl methyl sites for hydroxylation is 1. The summed E-state index contributed by atoms with van der Waals surface area (Å²) in [6, 6.07) is 11.7. The molecule has 3 heterocycles. The molecule has 0 aliphatic carbocycles. The molecule has 1 unspecified atom stereocenters. The summed E-state index contributed by atoms with van der Waals surface area (Å²) in [7, 11) is 1.57. The van der Waals surface area contributed by atoms with Crippen molar-refractivity contribution in [1.29, 1.82) is 0 Å². The quantitative estimate of drug-likeness (QED) is 0.639. The second-order valence-electron chi connectivity index (χ2n) is 7.06. The van der Waals surface area contributed by atoms with Gasteiger partial charge in [-0.2, -0.15) is 11.3 Å². The lowest BCUT2D eigenvalue weighted by Crippen LogP contribution is -2.40. The third-order valence-corrected chi connectivity index (χ3v) is 5.70. The van der Waals surface area contributed by atoms with Gasteiger partial charge >= 0.3 is 6.09 Å². The van der Waals surface area contributed by atoms with Crippen LogP contribution in [-0.2, 0) is 16.6 Å². The predicted octanol–water partition coefficient (Wildman–Crippen LogP) is 2.56. The Morgan fingerprint density at radius 1 is 1.19 bits per heavy atom. The van der Waals surface area contributed by atoms with E-state index in [1.54, 1.807) is 19.2 Å². The highest BCUT2D eigenvalue weighted by Crippen LogP contribution is 2.26. The van der Waals surface area contributed by atoms with Gasteiger partial charge in [0.2, 0.25) is 0 Å². The molecule has 158 valence electrons. The van der Waals surface area contributed by atoms with Crippen LogP contribution in [-0.4, -0.2) is 40.5 Å². The van der Waals surface area contributed by atoms with Gasteiger partial charge in [0.25, 0.3) is 17.4 Å². The largest absolute Gasteiger partial charge is 0.439 e. The van der Waals surface area contributed by atoms with E-state index in [4.69, 9.17) is 4.74 Å². The average Bonchev–Trinajstić information content (AvgIpc) is 3.41. The number of ether oxygens (including phenoxy) is 1. The predicted molar refractivity (Wildman–Crippen MR) is 115 cm³/mol. The minimum absolute atomic E-state index is 0.0625. The van der Waals surface area contributed by atoms with E-state index >= 15 is 0 Å². The molecule has 9 heteroatoms. The first kappa shape index (κ1) is 20.5. The second-order valence-corrected chi connectivity index (χ2v) is 7.84. The van der Waals surface area contributed by atoms with Gasteiger partial charge in [-0.25, -0.2) is 9.69 Å². The number of rotatable bonds is 6. The van der Waals surface area contributed by atoms with Crippen molar-refractivity contribution in [2.24, 2.45) is 7.05 Å². The third kappa shape index (κ3) is 4.26. The number of hydrogen-bond donors (Lipinski definition) is 1. The first-order valence-corrected chi connectivity index (χ1v) is 10.4. The summed E-state index contributed by atoms with van der Waals surface area (Å²) in [5, 5.41) is 6.64. The Balaban J connectivity index is 1.68. The zero-order valence-electron chi connectivity index (χ0n) is 16.6. The number of amides is 3. The molecule has 0 radical (unpaired) electrons. The van der Waals surface area contributed by atoms with Crippen molar-refractivity contribution in [2.45, 2.75) is 6.04 Å². The van der Waals surface area contributed by atoms with Gasteiger partial charge in [0.15, 0.2) is 6.61 Å². The van der Waals surface area contributed by atoms with Crippen molar-refractivity contribution in [3.8, 4) is 11.1 Å². The van der Waals surface area contributed by atoms with E-state index in [0.29, 0.717) is 11.1 Å². The molecular weight excluding hydrogens is 418 g/mol. The number of pyridine rings is 1. The third-order valence-electron chi connectivity index (χ3n) is 5.02. The first-order chi connectivity index (χ1) is 14.9. The molecule has 1 aliphatic rings. The number of hydrogen-bond acceptors (Lipinski definition) is 6. The van der Waals surface area contributed by atoms with Gasteiger partial charge in [0, 0.05) is 24.9 Å². The van der Waals surface area contributed by atoms with Gasteiger partial charge in [-0.1, -0.05) is 30.3 Å². The lowest BCUT2D eigenvalue weighted by atomic mass is 10.0. The highest BCUT2D eigenvalue weighted by atomic mass is 32.1. The molecular formula is C22H19N3O5S. The SMILES string of the molecule is Cn1cc(C(=O)NC(CN2C(=O)COC2=O)c2ccccc2)c(-c2ccsc2)cc1=O. The fourth-order valence-electron chi connectivity index (χ4n) is 3.36. The molecule has 0 bridgehead atoms. The Hall–Kier alpha value is -3.72. The standard InChI is InChI=1S/C22H19N3O5S/c1-24-10-17(16(9-19(24)26)15-7-8-31-13-15)21(28)23-18(14-5-3-2-4-6-14)11-25-20(27)12-30-22(25)29/h2-10,13,18H,11-12H2,1H3,(H,23,28). The van der Waals surface area contributed by atoms with Gasteiger partial charge in [-0.05, 0) is 28.0 Å². The molecule has 31 heavy (non-hydrogen) atoms. The van der Waals surface area contributed by atoms with Crippen LogP contribution in [0.1, 0.15) is 22.0 Å². The zero-order valence-corrected chi connectivity index (χ0v) is 17.4. The molecule has 0 saturated carbocycles. The van der Waals surface area contributed by atoms with E-state index in [2.05, 4.69) is 5.32 Å². The lowest BCUT2D eigenvalue weighted by molar-refractivity contribution is -0.126. The lowest BCUT2D eigenvalue weighted by Gasteiger charge is -2.23. The molecule has 0 spiro atoms. The summed E-state index contributed by atoms with van der Waals surface area (Å²) in [5.41, 5.74) is 2.09. The summed E-state index contributed by atoms with van der Waals surface area (Å²) in [5.74, 6) is -0.882. The summed E-state index contributed by atoms with van der Waals surface area (Å²) < 4.78 is 6.13. The van der Waals surface area contributed by atoms with Crippen molar-refractivity contribution < 1.29 is 19.1 Å². The van der Waals surface area contributed by atoms with E-state index in [-0.39, 0.29) is 18.7 Å². The Morgan fingerprint density at radius 2 is 1.97 bits per heavy atom. The summed E-state index contributed by atoms with van der Waals surface area (Å²) in [4.78, 5) is 50.4. The molecule has 1 fully saturated rings. The van der Waals surface area contributed by atoms with E-state index in [1.807, 2.05) is 35.0 Å². The molecule has 1 saturated heterocycles. The van der Waals surface area contributed by atoms with E-state index in [9.17, 15) is 19.2 Å². The minimum Gasteiger partial charge on any atom is -0.439 e. The average molecular weight is 437 g/mol. The van der Waals surface area contributed by atoms with E-state index in [0.717, 1.165) is 16.0 Å². The van der Waals surface area contributed by atoms with Crippen LogP contribution in [0.15, 0.2) is 64.2 Å². The normalized spacial score (nSPS) is 14.4. The van der Waals surface area contributed by atoms with Crippen LogP contribution in [0, 0.1) is 0 Å². The van der Waals surface area contributed by atoms with Gasteiger partial charge in [0.05, 0.1) is 18.2 Å². The van der Waals surface area contributed by atoms with Crippen LogP contribution >= 0.6 is 11.3 Å². The zero-order chi connectivity index (χ0) is 22.0. The summed E-state index contributed by atoms with van der Waals surface area (Å²) in [6.07, 6.45) is 0.753. The van der Waals surface area contributed by atoms with Gasteiger partial charge in [-0.15, -0.1) is 0 Å². The second kappa shape index (κ2) is 8.57. The molecule has 3 aromatic rings. The molecule has 1 aromatic carbocycles. The monoisotopic (exact) mass is 437 g/mol. The van der Waals surface area contributed by atoms with Crippen LogP contribution < -0.4 is 10.9 Å².